The minimum Gasteiger partial charge on any atom is -0.462 e. The Hall–Kier alpha value is -4.62. The third kappa shape index (κ3) is 5.33. The molecule has 2 unspecified atom stereocenters. The number of anilines is 2. The molecule has 1 aromatic heterocycles. The number of nitrogens with zero attached hydrogens (tertiary/aromatic N) is 2. The first kappa shape index (κ1) is 29.5. The summed E-state index contributed by atoms with van der Waals surface area (Å²) in [5.41, 5.74) is 1.45. The summed E-state index contributed by atoms with van der Waals surface area (Å²) in [7, 11) is 0. The lowest BCUT2D eigenvalue weighted by Crippen LogP contribution is -2.33. The maximum atomic E-state index is 13.9. The van der Waals surface area contributed by atoms with Crippen LogP contribution in [-0.4, -0.2) is 40.1 Å². The van der Waals surface area contributed by atoms with E-state index in [1.165, 1.54) is 65.2 Å². The molecule has 44 heavy (non-hydrogen) atoms. The molecular weight excluding hydrogens is 612 g/mol. The van der Waals surface area contributed by atoms with Crippen LogP contribution in [0.4, 0.5) is 20.2 Å². The highest BCUT2D eigenvalue weighted by atomic mass is 32.2. The molecule has 0 aliphatic carbocycles. The van der Waals surface area contributed by atoms with Crippen LogP contribution < -0.4 is 15.1 Å². The Morgan fingerprint density at radius 3 is 2.16 bits per heavy atom. The van der Waals surface area contributed by atoms with E-state index in [4.69, 9.17) is 4.74 Å². The van der Waals surface area contributed by atoms with Crippen LogP contribution in [0.1, 0.15) is 33.6 Å². The van der Waals surface area contributed by atoms with Gasteiger partial charge in [0.2, 0.25) is 17.7 Å². The number of aromatic nitrogens is 1. The van der Waals surface area contributed by atoms with Gasteiger partial charge in [-0.1, -0.05) is 35.2 Å². The Morgan fingerprint density at radius 2 is 1.52 bits per heavy atom. The molecule has 13 heteroatoms. The smallest absolute Gasteiger partial charge is 0.338 e. The van der Waals surface area contributed by atoms with Crippen LogP contribution in [-0.2, 0) is 25.7 Å². The second kappa shape index (κ2) is 11.8. The fourth-order valence-electron chi connectivity index (χ4n) is 5.38. The Bertz CT molecular complexity index is 1840. The highest BCUT2D eigenvalue weighted by molar-refractivity contribution is 8.00. The number of nitrogens with one attached hydrogen (secondary N) is 1. The molecule has 1 fully saturated rings. The SMILES string of the molecule is CCOC(=O)c1ccc(NC(=O)Cn2c3c(sc2=O)[C@H](c2ccc(F)cc2)C2C(=O)N(c4ccc(F)cc4)C(=O)C2S3)cc1. The summed E-state index contributed by atoms with van der Waals surface area (Å²) in [6, 6.07) is 16.6. The van der Waals surface area contributed by atoms with Gasteiger partial charge in [-0.05, 0) is 73.2 Å². The van der Waals surface area contributed by atoms with Crippen molar-refractivity contribution in [2.75, 3.05) is 16.8 Å². The summed E-state index contributed by atoms with van der Waals surface area (Å²) < 4.78 is 33.7. The van der Waals surface area contributed by atoms with E-state index in [1.807, 2.05) is 0 Å². The summed E-state index contributed by atoms with van der Waals surface area (Å²) in [6.45, 7) is 1.54. The molecule has 0 bridgehead atoms. The largest absolute Gasteiger partial charge is 0.462 e. The predicted molar refractivity (Wildman–Crippen MR) is 160 cm³/mol. The van der Waals surface area contributed by atoms with Crippen molar-refractivity contribution in [1.29, 1.82) is 0 Å². The first-order valence-electron chi connectivity index (χ1n) is 13.5. The minimum atomic E-state index is -0.950. The molecule has 6 rings (SSSR count). The summed E-state index contributed by atoms with van der Waals surface area (Å²) in [6.07, 6.45) is 0. The number of esters is 1. The number of ether oxygens (including phenoxy) is 1. The Morgan fingerprint density at radius 1 is 0.886 bits per heavy atom. The summed E-state index contributed by atoms with van der Waals surface area (Å²) >= 11 is 1.89. The van der Waals surface area contributed by atoms with E-state index in [2.05, 4.69) is 5.32 Å². The number of imide groups is 1. The predicted octanol–water partition coefficient (Wildman–Crippen LogP) is 4.80. The highest BCUT2D eigenvalue weighted by Crippen LogP contribution is 2.53. The molecule has 0 spiro atoms. The van der Waals surface area contributed by atoms with E-state index in [9.17, 15) is 32.8 Å². The van der Waals surface area contributed by atoms with Gasteiger partial charge in [-0.2, -0.15) is 0 Å². The number of thioether (sulfide) groups is 1. The first-order chi connectivity index (χ1) is 21.2. The van der Waals surface area contributed by atoms with E-state index in [0.29, 0.717) is 26.7 Å². The number of thiazole rings is 1. The summed E-state index contributed by atoms with van der Waals surface area (Å²) in [4.78, 5) is 66.8. The normalized spacial score (nSPS) is 19.0. The Labute approximate surface area is 257 Å². The molecule has 1 N–H and O–H groups in total. The van der Waals surface area contributed by atoms with Gasteiger partial charge in [-0.25, -0.2) is 18.5 Å². The second-order valence-corrected chi connectivity index (χ2v) is 12.2. The van der Waals surface area contributed by atoms with Gasteiger partial charge in [0.05, 0.1) is 28.8 Å². The lowest BCUT2D eigenvalue weighted by atomic mass is 9.83. The number of hydrogen-bond acceptors (Lipinski definition) is 8. The lowest BCUT2D eigenvalue weighted by Gasteiger charge is -2.30. The molecule has 0 radical (unpaired) electrons. The molecule has 4 aromatic rings. The Kier molecular flexibility index (Phi) is 7.91. The van der Waals surface area contributed by atoms with Crippen LogP contribution in [0.5, 0.6) is 0 Å². The van der Waals surface area contributed by atoms with E-state index >= 15 is 0 Å². The lowest BCUT2D eigenvalue weighted by molar-refractivity contribution is -0.122. The van der Waals surface area contributed by atoms with Crippen molar-refractivity contribution in [3.8, 4) is 0 Å². The fraction of sp³-hybridized carbons (Fsp3) is 0.194. The van der Waals surface area contributed by atoms with Crippen LogP contribution in [0.3, 0.4) is 0 Å². The zero-order chi connectivity index (χ0) is 31.1. The van der Waals surface area contributed by atoms with Crippen LogP contribution in [0, 0.1) is 17.6 Å². The van der Waals surface area contributed by atoms with Crippen LogP contribution in [0.25, 0.3) is 0 Å². The van der Waals surface area contributed by atoms with Crippen molar-refractivity contribution in [2.24, 2.45) is 5.92 Å². The molecule has 3 heterocycles. The number of amides is 3. The van der Waals surface area contributed by atoms with Crippen molar-refractivity contribution in [3.63, 3.8) is 0 Å². The van der Waals surface area contributed by atoms with E-state index in [-0.39, 0.29) is 18.8 Å². The van der Waals surface area contributed by atoms with Gasteiger partial charge in [-0.15, -0.1) is 0 Å². The number of halogens is 2. The van der Waals surface area contributed by atoms with Crippen molar-refractivity contribution >= 4 is 58.2 Å². The van der Waals surface area contributed by atoms with Crippen molar-refractivity contribution in [1.82, 2.24) is 4.57 Å². The average molecular weight is 636 g/mol. The Balaban J connectivity index is 1.33. The fourth-order valence-corrected chi connectivity index (χ4v) is 8.15. The van der Waals surface area contributed by atoms with Crippen molar-refractivity contribution in [2.45, 2.75) is 29.7 Å². The van der Waals surface area contributed by atoms with Gasteiger partial charge < -0.3 is 10.1 Å². The maximum Gasteiger partial charge on any atom is 0.338 e. The van der Waals surface area contributed by atoms with Gasteiger partial charge in [0.1, 0.15) is 23.4 Å². The second-order valence-electron chi connectivity index (χ2n) is 10.1. The van der Waals surface area contributed by atoms with Gasteiger partial charge >= 0.3 is 10.8 Å². The molecule has 2 aliphatic rings. The van der Waals surface area contributed by atoms with E-state index < -0.39 is 57.3 Å². The van der Waals surface area contributed by atoms with Crippen LogP contribution in [0.15, 0.2) is 82.6 Å². The zero-order valence-electron chi connectivity index (χ0n) is 23.0. The molecule has 3 aromatic carbocycles. The molecule has 0 saturated carbocycles. The molecule has 2 aliphatic heterocycles. The summed E-state index contributed by atoms with van der Waals surface area (Å²) in [5.74, 6) is -4.78. The third-order valence-corrected chi connectivity index (χ3v) is 9.95. The topological polar surface area (TPSA) is 115 Å². The van der Waals surface area contributed by atoms with Crippen LogP contribution >= 0.6 is 23.1 Å². The monoisotopic (exact) mass is 635 g/mol. The standard InChI is InChI=1S/C31H23F2N3O6S2/c1-2-42-30(40)17-5-11-20(12-6-17)34-22(37)15-35-29-26(44-31(35)41)23(16-3-7-18(32)8-4-16)24-25(43-29)28(39)36(27(24)38)21-13-9-19(33)10-14-21/h3-14,23-25H,2,15H2,1H3,(H,34,37)/t23-,24?,25?/m1/s1. The van der Waals surface area contributed by atoms with Crippen LogP contribution in [0.2, 0.25) is 0 Å². The molecular formula is C31H23F2N3O6S2. The quantitative estimate of drug-likeness (QED) is 0.229. The number of carbonyl (C=O) groups excluding carboxylic acids is 4. The molecule has 3 atom stereocenters. The molecule has 224 valence electrons. The zero-order valence-corrected chi connectivity index (χ0v) is 24.6. The van der Waals surface area contributed by atoms with Gasteiger partial charge in [0.25, 0.3) is 0 Å². The number of carbonyl (C=O) groups is 4. The maximum absolute atomic E-state index is 13.9. The molecule has 3 amide bonds. The van der Waals surface area contributed by atoms with Gasteiger partial charge in [0, 0.05) is 16.5 Å². The van der Waals surface area contributed by atoms with Crippen molar-refractivity contribution in [3.05, 3.63) is 110 Å². The molecule has 1 saturated heterocycles. The van der Waals surface area contributed by atoms with Gasteiger partial charge in [0.15, 0.2) is 0 Å². The third-order valence-electron chi connectivity index (χ3n) is 7.34. The number of rotatable bonds is 7. The van der Waals surface area contributed by atoms with Crippen molar-refractivity contribution < 1.29 is 32.7 Å². The molecule has 9 nitrogen and oxygen atoms in total. The average Bonchev–Trinajstić information content (AvgIpc) is 3.45. The minimum absolute atomic E-state index is 0.211. The number of fused-ring (bicyclic) bond motifs is 2. The summed E-state index contributed by atoms with van der Waals surface area (Å²) in [5, 5.41) is 2.12. The first-order valence-corrected chi connectivity index (χ1v) is 15.2. The number of hydrogen-bond donors (Lipinski definition) is 1. The van der Waals surface area contributed by atoms with E-state index in [0.717, 1.165) is 40.1 Å². The highest BCUT2D eigenvalue weighted by Gasteiger charge is 2.56. The van der Waals surface area contributed by atoms with E-state index in [1.54, 1.807) is 6.92 Å². The van der Waals surface area contributed by atoms with Gasteiger partial charge in [-0.3, -0.25) is 23.7 Å². The number of benzene rings is 3.